The molecule has 1 aliphatic rings. The third kappa shape index (κ3) is 4.12. The highest BCUT2D eigenvalue weighted by molar-refractivity contribution is 6.30. The average Bonchev–Trinajstić information content (AvgIpc) is 3.02. The van der Waals surface area contributed by atoms with Crippen LogP contribution in [-0.2, 0) is 16.0 Å². The minimum atomic E-state index is -0.130. The van der Waals surface area contributed by atoms with Gasteiger partial charge in [0.05, 0.1) is 19.2 Å². The van der Waals surface area contributed by atoms with Crippen molar-refractivity contribution in [1.82, 2.24) is 0 Å². The van der Waals surface area contributed by atoms with Crippen molar-refractivity contribution in [1.29, 1.82) is 0 Å². The third-order valence-corrected chi connectivity index (χ3v) is 4.36. The molecule has 0 unspecified atom stereocenters. The van der Waals surface area contributed by atoms with Gasteiger partial charge in [-0.15, -0.1) is 0 Å². The van der Waals surface area contributed by atoms with Crippen molar-refractivity contribution in [3.8, 4) is 5.75 Å². The maximum Gasteiger partial charge on any atom is 0.228 e. The molecule has 25 heavy (non-hydrogen) atoms. The van der Waals surface area contributed by atoms with Gasteiger partial charge in [0.2, 0.25) is 11.8 Å². The Bertz CT molecular complexity index is 790. The van der Waals surface area contributed by atoms with E-state index in [0.717, 1.165) is 17.7 Å². The van der Waals surface area contributed by atoms with E-state index in [4.69, 9.17) is 16.3 Å². The van der Waals surface area contributed by atoms with E-state index in [1.54, 1.807) is 42.3 Å². The number of anilines is 2. The molecule has 1 N–H and O–H groups in total. The summed E-state index contributed by atoms with van der Waals surface area (Å²) < 4.78 is 5.40. The van der Waals surface area contributed by atoms with E-state index in [1.807, 2.05) is 12.1 Å². The first-order valence-electron chi connectivity index (χ1n) is 8.09. The van der Waals surface area contributed by atoms with Crippen molar-refractivity contribution in [3.05, 3.63) is 53.1 Å². The number of nitrogens with zero attached hydrogens (tertiary/aromatic N) is 1. The monoisotopic (exact) mass is 358 g/mol. The lowest BCUT2D eigenvalue weighted by Crippen LogP contribution is -2.24. The summed E-state index contributed by atoms with van der Waals surface area (Å²) in [5.74, 6) is 0.534. The summed E-state index contributed by atoms with van der Waals surface area (Å²) in [4.78, 5) is 25.9. The van der Waals surface area contributed by atoms with E-state index < -0.39 is 0 Å². The van der Waals surface area contributed by atoms with Crippen molar-refractivity contribution < 1.29 is 14.3 Å². The van der Waals surface area contributed by atoms with E-state index >= 15 is 0 Å². The van der Waals surface area contributed by atoms with Crippen LogP contribution >= 0.6 is 11.6 Å². The van der Waals surface area contributed by atoms with Crippen LogP contribution in [0.3, 0.4) is 0 Å². The van der Waals surface area contributed by atoms with E-state index in [0.29, 0.717) is 29.4 Å². The molecule has 0 radical (unpaired) electrons. The van der Waals surface area contributed by atoms with Gasteiger partial charge in [-0.25, -0.2) is 0 Å². The molecule has 0 atom stereocenters. The molecular weight excluding hydrogens is 340 g/mol. The predicted molar refractivity (Wildman–Crippen MR) is 98.4 cm³/mol. The summed E-state index contributed by atoms with van der Waals surface area (Å²) in [6.07, 6.45) is 1.66. The van der Waals surface area contributed by atoms with Crippen LogP contribution in [-0.4, -0.2) is 25.5 Å². The second-order valence-corrected chi connectivity index (χ2v) is 6.32. The zero-order valence-corrected chi connectivity index (χ0v) is 14.7. The molecule has 1 saturated heterocycles. The molecule has 1 fully saturated rings. The summed E-state index contributed by atoms with van der Waals surface area (Å²) in [6.45, 7) is 0.692. The second kappa shape index (κ2) is 7.57. The minimum Gasteiger partial charge on any atom is -0.494 e. The van der Waals surface area contributed by atoms with E-state index in [1.165, 1.54) is 0 Å². The van der Waals surface area contributed by atoms with Gasteiger partial charge in [-0.05, 0) is 36.2 Å². The molecule has 130 valence electrons. The number of ether oxygens (including phenoxy) is 1. The van der Waals surface area contributed by atoms with Crippen LogP contribution in [0.25, 0.3) is 0 Å². The van der Waals surface area contributed by atoms with Crippen molar-refractivity contribution in [2.75, 3.05) is 23.9 Å². The van der Waals surface area contributed by atoms with Crippen LogP contribution in [0.2, 0.25) is 5.02 Å². The smallest absolute Gasteiger partial charge is 0.228 e. The Hall–Kier alpha value is -2.53. The summed E-state index contributed by atoms with van der Waals surface area (Å²) in [7, 11) is 1.55. The van der Waals surface area contributed by atoms with Crippen LogP contribution in [0.4, 0.5) is 11.4 Å². The SMILES string of the molecule is COc1cc(NC(=O)Cc2ccc(Cl)cc2)ccc1N1CCCC1=O. The predicted octanol–water partition coefficient (Wildman–Crippen LogP) is 3.66. The number of rotatable bonds is 5. The summed E-state index contributed by atoms with van der Waals surface area (Å²) in [5.41, 5.74) is 2.25. The second-order valence-electron chi connectivity index (χ2n) is 5.89. The first kappa shape index (κ1) is 17.3. The van der Waals surface area contributed by atoms with Crippen LogP contribution in [0.5, 0.6) is 5.75 Å². The zero-order chi connectivity index (χ0) is 17.8. The fourth-order valence-corrected chi connectivity index (χ4v) is 3.00. The molecule has 2 aromatic rings. The highest BCUT2D eigenvalue weighted by Gasteiger charge is 2.24. The van der Waals surface area contributed by atoms with Crippen molar-refractivity contribution in [3.63, 3.8) is 0 Å². The van der Waals surface area contributed by atoms with Gasteiger partial charge in [0, 0.05) is 29.7 Å². The first-order valence-corrected chi connectivity index (χ1v) is 8.47. The molecule has 3 rings (SSSR count). The topological polar surface area (TPSA) is 58.6 Å². The number of benzene rings is 2. The number of carbonyl (C=O) groups is 2. The van der Waals surface area contributed by atoms with Crippen molar-refractivity contribution >= 4 is 34.8 Å². The van der Waals surface area contributed by atoms with Crippen LogP contribution in [0, 0.1) is 0 Å². The van der Waals surface area contributed by atoms with Crippen molar-refractivity contribution in [2.45, 2.75) is 19.3 Å². The van der Waals surface area contributed by atoms with Gasteiger partial charge in [0.25, 0.3) is 0 Å². The lowest BCUT2D eigenvalue weighted by Gasteiger charge is -2.19. The first-order chi connectivity index (χ1) is 12.1. The molecule has 1 aliphatic heterocycles. The maximum atomic E-state index is 12.2. The van der Waals surface area contributed by atoms with E-state index in [9.17, 15) is 9.59 Å². The Morgan fingerprint density at radius 3 is 2.64 bits per heavy atom. The van der Waals surface area contributed by atoms with Gasteiger partial charge < -0.3 is 15.0 Å². The van der Waals surface area contributed by atoms with Gasteiger partial charge in [-0.2, -0.15) is 0 Å². The fourth-order valence-electron chi connectivity index (χ4n) is 2.87. The Kier molecular flexibility index (Phi) is 5.24. The number of halogens is 1. The highest BCUT2D eigenvalue weighted by Crippen LogP contribution is 2.33. The number of nitrogens with one attached hydrogen (secondary N) is 1. The number of hydrogen-bond donors (Lipinski definition) is 1. The van der Waals surface area contributed by atoms with Crippen molar-refractivity contribution in [2.24, 2.45) is 0 Å². The number of methoxy groups -OCH3 is 1. The lowest BCUT2D eigenvalue weighted by molar-refractivity contribution is -0.117. The minimum absolute atomic E-state index is 0.0952. The average molecular weight is 359 g/mol. The Balaban J connectivity index is 1.71. The van der Waals surface area contributed by atoms with Gasteiger partial charge in [-0.1, -0.05) is 23.7 Å². The van der Waals surface area contributed by atoms with Crippen LogP contribution in [0.15, 0.2) is 42.5 Å². The molecule has 0 spiro atoms. The summed E-state index contributed by atoms with van der Waals surface area (Å²) >= 11 is 5.85. The maximum absolute atomic E-state index is 12.2. The molecule has 0 saturated carbocycles. The lowest BCUT2D eigenvalue weighted by atomic mass is 10.1. The van der Waals surface area contributed by atoms with Gasteiger partial charge >= 0.3 is 0 Å². The van der Waals surface area contributed by atoms with E-state index in [-0.39, 0.29) is 18.2 Å². The van der Waals surface area contributed by atoms with E-state index in [2.05, 4.69) is 5.32 Å². The van der Waals surface area contributed by atoms with Gasteiger partial charge in [0.1, 0.15) is 5.75 Å². The number of carbonyl (C=O) groups excluding carboxylic acids is 2. The summed E-state index contributed by atoms with van der Waals surface area (Å²) in [5, 5.41) is 3.49. The Labute approximate surface area is 151 Å². The molecule has 2 aromatic carbocycles. The van der Waals surface area contributed by atoms with Crippen LogP contribution < -0.4 is 15.0 Å². The standard InChI is InChI=1S/C19H19ClN2O3/c1-25-17-12-15(8-9-16(17)22-10-2-3-19(22)24)21-18(23)11-13-4-6-14(20)7-5-13/h4-9,12H,2-3,10-11H2,1H3,(H,21,23). The molecule has 0 aromatic heterocycles. The molecule has 5 nitrogen and oxygen atoms in total. The molecule has 6 heteroatoms. The highest BCUT2D eigenvalue weighted by atomic mass is 35.5. The molecular formula is C19H19ClN2O3. The third-order valence-electron chi connectivity index (χ3n) is 4.11. The van der Waals surface area contributed by atoms with Crippen LogP contribution in [0.1, 0.15) is 18.4 Å². The molecule has 1 heterocycles. The van der Waals surface area contributed by atoms with Gasteiger partial charge in [0.15, 0.2) is 0 Å². The molecule has 0 bridgehead atoms. The quantitative estimate of drug-likeness (QED) is 0.887. The molecule has 0 aliphatic carbocycles. The number of amides is 2. The zero-order valence-electron chi connectivity index (χ0n) is 13.9. The summed E-state index contributed by atoms with van der Waals surface area (Å²) in [6, 6.07) is 12.5. The Morgan fingerprint density at radius 2 is 2.00 bits per heavy atom. The Morgan fingerprint density at radius 1 is 1.24 bits per heavy atom. The van der Waals surface area contributed by atoms with Gasteiger partial charge in [-0.3, -0.25) is 9.59 Å². The largest absolute Gasteiger partial charge is 0.494 e. The molecule has 2 amide bonds. The number of hydrogen-bond acceptors (Lipinski definition) is 3. The fraction of sp³-hybridized carbons (Fsp3) is 0.263. The normalized spacial score (nSPS) is 13.8.